The number of hydrogen-bond acceptors (Lipinski definition) is 1. The van der Waals surface area contributed by atoms with Gasteiger partial charge in [-0.05, 0) is 23.7 Å². The molecule has 0 aliphatic carbocycles. The van der Waals surface area contributed by atoms with Crippen molar-refractivity contribution in [1.29, 1.82) is 0 Å². The van der Waals surface area contributed by atoms with Crippen molar-refractivity contribution in [2.24, 2.45) is 0 Å². The smallest absolute Gasteiger partial charge is 0.286 e. The minimum atomic E-state index is -5.01. The highest BCUT2D eigenvalue weighted by Crippen LogP contribution is 2.39. The van der Waals surface area contributed by atoms with Crippen molar-refractivity contribution >= 4 is 29.0 Å². The summed E-state index contributed by atoms with van der Waals surface area (Å²) >= 11 is 9.47. The summed E-state index contributed by atoms with van der Waals surface area (Å²) in [5.74, 6) is -3.95. The number of carbonyl (C=O) groups is 1. The van der Waals surface area contributed by atoms with E-state index in [2.05, 4.69) is 11.6 Å². The number of Topliss-reactive ketones (excluding diaryl/α,β-unsaturated/α-hetero) is 1. The number of rotatable bonds is 2. The molecular weight excluding hydrogens is 309 g/mol. The molecule has 0 atom stereocenters. The Balaban J connectivity index is 3.51. The molecule has 0 saturated carbocycles. The highest BCUT2D eigenvalue weighted by Gasteiger charge is 2.42. The normalized spacial score (nSPS) is 12.7. The number of alkyl halides is 6. The summed E-state index contributed by atoms with van der Waals surface area (Å²) in [6, 6.07) is 0.450. The molecule has 0 bridgehead atoms. The molecule has 9 heteroatoms. The van der Waals surface area contributed by atoms with Crippen LogP contribution in [0.15, 0.2) is 12.1 Å². The van der Waals surface area contributed by atoms with Crippen molar-refractivity contribution in [3.8, 4) is 0 Å². The van der Waals surface area contributed by atoms with E-state index in [1.165, 1.54) is 0 Å². The maximum absolute atomic E-state index is 13.1. The molecule has 1 rings (SSSR count). The van der Waals surface area contributed by atoms with Gasteiger partial charge in [0.1, 0.15) is 5.82 Å². The molecular formula is C9H2Cl2F6O. The Kier molecular flexibility index (Phi) is 3.88. The predicted octanol–water partition coefficient (Wildman–Crippen LogP) is 4.51. The van der Waals surface area contributed by atoms with E-state index in [1.807, 2.05) is 0 Å². The Labute approximate surface area is 106 Å². The van der Waals surface area contributed by atoms with Crippen LogP contribution in [0.1, 0.15) is 15.9 Å². The maximum atomic E-state index is 13.1. The lowest BCUT2D eigenvalue weighted by atomic mass is 10.1. The first-order valence-corrected chi connectivity index (χ1v) is 4.88. The molecule has 18 heavy (non-hydrogen) atoms. The minimum Gasteiger partial charge on any atom is -0.286 e. The Bertz CT molecular complexity index is 491. The first kappa shape index (κ1) is 15.1. The first-order chi connectivity index (χ1) is 7.96. The molecule has 0 heterocycles. The molecule has 100 valence electrons. The summed E-state index contributed by atoms with van der Waals surface area (Å²) in [5.41, 5.74) is -3.19. The lowest BCUT2D eigenvalue weighted by Gasteiger charge is -2.14. The number of benzene rings is 1. The molecule has 1 nitrogen and oxygen atoms in total. The van der Waals surface area contributed by atoms with E-state index >= 15 is 0 Å². The second kappa shape index (κ2) is 4.62. The first-order valence-electron chi connectivity index (χ1n) is 4.13. The molecule has 1 aromatic rings. The molecule has 0 fully saturated rings. The van der Waals surface area contributed by atoms with Crippen LogP contribution in [0.4, 0.5) is 26.3 Å². The standard InChI is InChI=1S/C9H2Cl2F6O/c10-6-3(9(15,16)17)1-2-4(12)5(6)7(18)8(11,13)14/h1-2H. The van der Waals surface area contributed by atoms with Crippen LogP contribution < -0.4 is 0 Å². The fraction of sp³-hybridized carbons (Fsp3) is 0.222. The van der Waals surface area contributed by atoms with Crippen LogP contribution in [0.3, 0.4) is 0 Å². The lowest BCUT2D eigenvalue weighted by molar-refractivity contribution is -0.137. The van der Waals surface area contributed by atoms with Crippen LogP contribution >= 0.6 is 23.2 Å². The summed E-state index contributed by atoms with van der Waals surface area (Å²) in [6.45, 7) is 0. The Hall–Kier alpha value is -0.950. The van der Waals surface area contributed by atoms with Crippen molar-refractivity contribution in [2.75, 3.05) is 0 Å². The van der Waals surface area contributed by atoms with E-state index in [-0.39, 0.29) is 12.1 Å². The summed E-state index contributed by atoms with van der Waals surface area (Å²) in [5, 5.41) is -6.00. The Morgan fingerprint density at radius 3 is 2.00 bits per heavy atom. The van der Waals surface area contributed by atoms with Gasteiger partial charge in [-0.1, -0.05) is 11.6 Å². The van der Waals surface area contributed by atoms with Gasteiger partial charge in [0.15, 0.2) is 0 Å². The van der Waals surface area contributed by atoms with Gasteiger partial charge in [0.25, 0.3) is 5.78 Å². The molecule has 0 aromatic heterocycles. The number of carbonyl (C=O) groups excluding carboxylic acids is 1. The van der Waals surface area contributed by atoms with Crippen molar-refractivity contribution < 1.29 is 31.1 Å². The van der Waals surface area contributed by atoms with Crippen molar-refractivity contribution in [2.45, 2.75) is 11.6 Å². The number of halogens is 8. The molecule has 0 unspecified atom stereocenters. The zero-order chi connectivity index (χ0) is 14.3. The molecule has 0 aliphatic rings. The highest BCUT2D eigenvalue weighted by molar-refractivity contribution is 6.40. The van der Waals surface area contributed by atoms with Gasteiger partial charge in [0, 0.05) is 0 Å². The molecule has 0 radical (unpaired) electrons. The molecule has 0 N–H and O–H groups in total. The van der Waals surface area contributed by atoms with Crippen LogP contribution in [0.5, 0.6) is 0 Å². The van der Waals surface area contributed by atoms with Crippen molar-refractivity contribution in [3.63, 3.8) is 0 Å². The molecule has 0 spiro atoms. The van der Waals surface area contributed by atoms with E-state index in [4.69, 9.17) is 11.6 Å². The van der Waals surface area contributed by atoms with E-state index < -0.39 is 39.3 Å². The molecule has 0 amide bonds. The summed E-state index contributed by atoms with van der Waals surface area (Å²) in [7, 11) is 0. The fourth-order valence-corrected chi connectivity index (χ4v) is 1.56. The zero-order valence-corrected chi connectivity index (χ0v) is 9.60. The molecule has 0 saturated heterocycles. The number of hydrogen-bond donors (Lipinski definition) is 0. The van der Waals surface area contributed by atoms with Crippen molar-refractivity contribution in [1.82, 2.24) is 0 Å². The van der Waals surface area contributed by atoms with Crippen LogP contribution in [0.2, 0.25) is 5.02 Å². The van der Waals surface area contributed by atoms with Crippen LogP contribution in [0, 0.1) is 5.82 Å². The van der Waals surface area contributed by atoms with E-state index in [0.717, 1.165) is 0 Å². The van der Waals surface area contributed by atoms with Crippen LogP contribution in [-0.2, 0) is 6.18 Å². The van der Waals surface area contributed by atoms with Gasteiger partial charge < -0.3 is 0 Å². The van der Waals surface area contributed by atoms with Gasteiger partial charge in [0.2, 0.25) is 0 Å². The summed E-state index contributed by atoms with van der Waals surface area (Å²) in [6.07, 6.45) is -5.01. The average Bonchev–Trinajstić information content (AvgIpc) is 2.13. The van der Waals surface area contributed by atoms with Gasteiger partial charge in [-0.3, -0.25) is 4.79 Å². The molecule has 0 aliphatic heterocycles. The second-order valence-electron chi connectivity index (χ2n) is 3.11. The van der Waals surface area contributed by atoms with Gasteiger partial charge in [-0.25, -0.2) is 4.39 Å². The molecule has 1 aromatic carbocycles. The van der Waals surface area contributed by atoms with Crippen LogP contribution in [-0.4, -0.2) is 11.2 Å². The summed E-state index contributed by atoms with van der Waals surface area (Å²) in [4.78, 5) is 11.0. The Morgan fingerprint density at radius 2 is 1.61 bits per heavy atom. The van der Waals surface area contributed by atoms with Crippen molar-refractivity contribution in [3.05, 3.63) is 34.1 Å². The topological polar surface area (TPSA) is 17.1 Å². The highest BCUT2D eigenvalue weighted by atomic mass is 35.5. The Morgan fingerprint density at radius 1 is 1.11 bits per heavy atom. The zero-order valence-electron chi connectivity index (χ0n) is 8.09. The van der Waals surface area contributed by atoms with E-state index in [9.17, 15) is 31.1 Å². The third-order valence-corrected chi connectivity index (χ3v) is 2.45. The third kappa shape index (κ3) is 2.89. The van der Waals surface area contributed by atoms with E-state index in [1.54, 1.807) is 0 Å². The summed E-state index contributed by atoms with van der Waals surface area (Å²) < 4.78 is 75.3. The second-order valence-corrected chi connectivity index (χ2v) is 3.96. The lowest BCUT2D eigenvalue weighted by Crippen LogP contribution is -2.24. The minimum absolute atomic E-state index is 0.213. The van der Waals surface area contributed by atoms with Gasteiger partial charge >= 0.3 is 11.6 Å². The van der Waals surface area contributed by atoms with E-state index in [0.29, 0.717) is 0 Å². The SMILES string of the molecule is O=C(c1c(F)ccc(C(F)(F)F)c1Cl)C(F)(F)Cl. The predicted molar refractivity (Wildman–Crippen MR) is 51.5 cm³/mol. The fourth-order valence-electron chi connectivity index (χ4n) is 1.12. The quantitative estimate of drug-likeness (QED) is 0.446. The maximum Gasteiger partial charge on any atom is 0.417 e. The monoisotopic (exact) mass is 310 g/mol. The van der Waals surface area contributed by atoms with Gasteiger partial charge in [-0.15, -0.1) is 0 Å². The third-order valence-electron chi connectivity index (χ3n) is 1.88. The van der Waals surface area contributed by atoms with Gasteiger partial charge in [-0.2, -0.15) is 22.0 Å². The average molecular weight is 311 g/mol. The van der Waals surface area contributed by atoms with Crippen LogP contribution in [0.25, 0.3) is 0 Å². The number of ketones is 1. The van der Waals surface area contributed by atoms with Gasteiger partial charge in [0.05, 0.1) is 16.1 Å². The largest absolute Gasteiger partial charge is 0.417 e.